The first-order valence-electron chi connectivity index (χ1n) is 8.73. The van der Waals surface area contributed by atoms with Crippen LogP contribution in [0.25, 0.3) is 11.0 Å². The minimum Gasteiger partial charge on any atom is -0.253 e. The molecule has 0 radical (unpaired) electrons. The molecule has 0 fully saturated rings. The summed E-state index contributed by atoms with van der Waals surface area (Å²) in [7, 11) is -1.99. The second-order valence-electron chi connectivity index (χ2n) is 6.69. The van der Waals surface area contributed by atoms with Crippen LogP contribution in [0.4, 0.5) is 0 Å². The van der Waals surface area contributed by atoms with Crippen LogP contribution in [0.1, 0.15) is 5.56 Å². The number of benzene rings is 3. The molecule has 0 N–H and O–H groups in total. The maximum atomic E-state index is 4.57. The van der Waals surface area contributed by atoms with Gasteiger partial charge in [0, 0.05) is 12.4 Å². The zero-order chi connectivity index (χ0) is 16.7. The van der Waals surface area contributed by atoms with Crippen LogP contribution in [0.2, 0.25) is 6.04 Å². The van der Waals surface area contributed by atoms with E-state index in [2.05, 4.69) is 82.8 Å². The predicted octanol–water partition coefficient (Wildman–Crippen LogP) is 2.66. The molecule has 4 aromatic rings. The Morgan fingerprint density at radius 2 is 1.24 bits per heavy atom. The highest BCUT2D eigenvalue weighted by molar-refractivity contribution is 7.12. The third-order valence-corrected chi connectivity index (χ3v) is 10.5. The Kier molecular flexibility index (Phi) is 3.28. The van der Waals surface area contributed by atoms with E-state index in [9.17, 15) is 0 Å². The smallest absolute Gasteiger partial charge is 0.149 e. The molecular formula is C22H18N2Si. The van der Waals surface area contributed by atoms with Crippen LogP contribution >= 0.6 is 0 Å². The third-order valence-electron chi connectivity index (χ3n) is 5.46. The van der Waals surface area contributed by atoms with Gasteiger partial charge in [0.05, 0.1) is 11.0 Å². The Balaban J connectivity index is 1.84. The molecule has 1 aromatic heterocycles. The van der Waals surface area contributed by atoms with E-state index >= 15 is 0 Å². The molecule has 0 aliphatic carbocycles. The first-order valence-corrected chi connectivity index (χ1v) is 10.9. The Morgan fingerprint density at radius 1 is 0.680 bits per heavy atom. The quantitative estimate of drug-likeness (QED) is 0.525. The second kappa shape index (κ2) is 5.64. The van der Waals surface area contributed by atoms with Crippen LogP contribution in [0.15, 0.2) is 85.2 Å². The van der Waals surface area contributed by atoms with Gasteiger partial charge >= 0.3 is 0 Å². The lowest BCUT2D eigenvalue weighted by Gasteiger charge is -2.29. The first kappa shape index (κ1) is 14.6. The molecule has 5 rings (SSSR count). The minimum atomic E-state index is -1.99. The monoisotopic (exact) mass is 338 g/mol. The molecule has 1 aliphatic heterocycles. The van der Waals surface area contributed by atoms with Crippen LogP contribution in [0.3, 0.4) is 0 Å². The molecule has 3 heteroatoms. The summed E-state index contributed by atoms with van der Waals surface area (Å²) in [5.41, 5.74) is 3.46. The molecule has 0 unspecified atom stereocenters. The fraction of sp³-hybridized carbons (Fsp3) is 0.0909. The van der Waals surface area contributed by atoms with Gasteiger partial charge in [-0.1, -0.05) is 60.7 Å². The lowest BCUT2D eigenvalue weighted by molar-refractivity contribution is 1.16. The zero-order valence-electron chi connectivity index (χ0n) is 13.9. The first-order chi connectivity index (χ1) is 12.4. The summed E-state index contributed by atoms with van der Waals surface area (Å²) in [6.45, 7) is 0. The minimum absolute atomic E-state index is 1.01. The Hall–Kier alpha value is -2.78. The molecule has 0 spiro atoms. The molecule has 0 saturated carbocycles. The molecule has 1 aliphatic rings. The standard InChI is InChI=1S/C22H18N2Si/c1-3-7-18(8-4-1)25(19-9-5-2-6-10-19)14-11-17-15-20-21(16-22(17)25)24-13-12-23-20/h1-10,12-13,15-16H,11,14H2. The van der Waals surface area contributed by atoms with Gasteiger partial charge in [0.25, 0.3) is 0 Å². The number of nitrogens with zero attached hydrogens (tertiary/aromatic N) is 2. The molecule has 120 valence electrons. The number of aromatic nitrogens is 2. The van der Waals surface area contributed by atoms with Crippen molar-refractivity contribution in [2.45, 2.75) is 12.5 Å². The van der Waals surface area contributed by atoms with Crippen LogP contribution in [-0.4, -0.2) is 18.0 Å². The summed E-state index contributed by atoms with van der Waals surface area (Å²) < 4.78 is 0. The van der Waals surface area contributed by atoms with Crippen molar-refractivity contribution < 1.29 is 0 Å². The summed E-state index contributed by atoms with van der Waals surface area (Å²) in [6.07, 6.45) is 4.69. The molecule has 2 nitrogen and oxygen atoms in total. The van der Waals surface area contributed by atoms with Crippen molar-refractivity contribution in [2.24, 2.45) is 0 Å². The molecule has 0 amide bonds. The number of rotatable bonds is 2. The molecular weight excluding hydrogens is 320 g/mol. The molecule has 3 aromatic carbocycles. The van der Waals surface area contributed by atoms with Crippen molar-refractivity contribution in [1.82, 2.24) is 9.97 Å². The van der Waals surface area contributed by atoms with Crippen molar-refractivity contribution in [3.63, 3.8) is 0 Å². The average Bonchev–Trinajstić information content (AvgIpc) is 3.07. The van der Waals surface area contributed by atoms with Crippen molar-refractivity contribution >= 4 is 34.7 Å². The molecule has 25 heavy (non-hydrogen) atoms. The summed E-state index contributed by atoms with van der Waals surface area (Å²) in [6, 6.07) is 28.0. The number of hydrogen-bond acceptors (Lipinski definition) is 2. The molecule has 2 heterocycles. The molecule has 0 saturated heterocycles. The third kappa shape index (κ3) is 2.16. The zero-order valence-corrected chi connectivity index (χ0v) is 14.9. The summed E-state index contributed by atoms with van der Waals surface area (Å²) >= 11 is 0. The van der Waals surface area contributed by atoms with E-state index in [1.807, 2.05) is 0 Å². The fourth-order valence-corrected chi connectivity index (χ4v) is 9.42. The Morgan fingerprint density at radius 3 is 1.84 bits per heavy atom. The van der Waals surface area contributed by atoms with Crippen molar-refractivity contribution in [2.75, 3.05) is 0 Å². The van der Waals surface area contributed by atoms with E-state index in [1.165, 1.54) is 27.2 Å². The number of fused-ring (bicyclic) bond motifs is 2. The van der Waals surface area contributed by atoms with E-state index in [1.54, 1.807) is 12.4 Å². The van der Waals surface area contributed by atoms with Gasteiger partial charge in [-0.15, -0.1) is 0 Å². The highest BCUT2D eigenvalue weighted by Gasteiger charge is 2.44. The summed E-state index contributed by atoms with van der Waals surface area (Å²) in [4.78, 5) is 9.08. The van der Waals surface area contributed by atoms with Crippen molar-refractivity contribution in [3.05, 3.63) is 90.8 Å². The summed E-state index contributed by atoms with van der Waals surface area (Å²) in [5, 5.41) is 4.49. The van der Waals surface area contributed by atoms with E-state index in [4.69, 9.17) is 0 Å². The largest absolute Gasteiger partial charge is 0.253 e. The van der Waals surface area contributed by atoms with Crippen LogP contribution in [-0.2, 0) is 6.42 Å². The van der Waals surface area contributed by atoms with E-state index in [0.29, 0.717) is 0 Å². The van der Waals surface area contributed by atoms with Crippen molar-refractivity contribution in [1.29, 1.82) is 0 Å². The number of hydrogen-bond donors (Lipinski definition) is 0. The predicted molar refractivity (Wildman–Crippen MR) is 106 cm³/mol. The van der Waals surface area contributed by atoms with Crippen LogP contribution < -0.4 is 15.6 Å². The van der Waals surface area contributed by atoms with E-state index in [-0.39, 0.29) is 0 Å². The Bertz CT molecular complexity index is 1010. The van der Waals surface area contributed by atoms with Gasteiger partial charge < -0.3 is 0 Å². The maximum Gasteiger partial charge on any atom is 0.149 e. The summed E-state index contributed by atoms with van der Waals surface area (Å²) in [5.74, 6) is 0. The van der Waals surface area contributed by atoms with Gasteiger partial charge in [0.1, 0.15) is 8.07 Å². The van der Waals surface area contributed by atoms with Gasteiger partial charge in [-0.3, -0.25) is 9.97 Å². The topological polar surface area (TPSA) is 25.8 Å². The van der Waals surface area contributed by atoms with Crippen LogP contribution in [0.5, 0.6) is 0 Å². The highest BCUT2D eigenvalue weighted by atomic mass is 28.3. The fourth-order valence-electron chi connectivity index (χ4n) is 4.33. The second-order valence-corrected chi connectivity index (χ2v) is 10.7. The van der Waals surface area contributed by atoms with Gasteiger partial charge in [0.15, 0.2) is 0 Å². The lowest BCUT2D eigenvalue weighted by atomic mass is 10.1. The van der Waals surface area contributed by atoms with Crippen molar-refractivity contribution in [3.8, 4) is 0 Å². The molecule has 0 bridgehead atoms. The Labute approximate surface area is 148 Å². The van der Waals surface area contributed by atoms with E-state index < -0.39 is 8.07 Å². The molecule has 0 atom stereocenters. The van der Waals surface area contributed by atoms with Gasteiger partial charge in [-0.25, -0.2) is 0 Å². The normalized spacial score (nSPS) is 15.2. The van der Waals surface area contributed by atoms with Gasteiger partial charge in [-0.05, 0) is 45.7 Å². The lowest BCUT2D eigenvalue weighted by Crippen LogP contribution is -2.65. The average molecular weight is 338 g/mol. The van der Waals surface area contributed by atoms with E-state index in [0.717, 1.165) is 17.5 Å². The highest BCUT2D eigenvalue weighted by Crippen LogP contribution is 2.26. The van der Waals surface area contributed by atoms with Gasteiger partial charge in [-0.2, -0.15) is 0 Å². The SMILES string of the molecule is c1ccc([Si]2(c3ccccc3)CCc3cc4nccnc4cc32)cc1. The number of aryl methyl sites for hydroxylation is 1. The maximum absolute atomic E-state index is 4.57. The van der Waals surface area contributed by atoms with Crippen LogP contribution in [0, 0.1) is 0 Å². The van der Waals surface area contributed by atoms with Gasteiger partial charge in [0.2, 0.25) is 0 Å².